The molecule has 2 amide bonds. The molecule has 1 fully saturated rings. The second-order valence-electron chi connectivity index (χ2n) is 8.07. The molecule has 1 aromatic heterocycles. The van der Waals surface area contributed by atoms with Crippen LogP contribution in [0, 0.1) is 6.92 Å². The average molecular weight is 467 g/mol. The summed E-state index contributed by atoms with van der Waals surface area (Å²) in [5.41, 5.74) is 6.31. The molecular weight excluding hydrogens is 443 g/mol. The quantitative estimate of drug-likeness (QED) is 0.442. The lowest BCUT2D eigenvalue weighted by Gasteiger charge is -2.28. The number of hydrogen-bond acceptors (Lipinski definition) is 7. The van der Waals surface area contributed by atoms with Crippen LogP contribution in [0.25, 0.3) is 11.3 Å². The second kappa shape index (κ2) is 8.94. The third kappa shape index (κ3) is 4.76. The topological polar surface area (TPSA) is 164 Å². The molecule has 1 unspecified atom stereocenters. The fraction of sp³-hybridized carbons (Fsp3) is 0.429. The lowest BCUT2D eigenvalue weighted by atomic mass is 9.89. The lowest BCUT2D eigenvalue weighted by Crippen LogP contribution is -2.52. The van der Waals surface area contributed by atoms with Gasteiger partial charge in [0.25, 0.3) is 17.4 Å². The number of primary amides is 1. The van der Waals surface area contributed by atoms with Crippen molar-refractivity contribution in [1.29, 1.82) is 0 Å². The molecule has 0 aliphatic heterocycles. The zero-order valence-corrected chi connectivity index (χ0v) is 17.7. The Morgan fingerprint density at radius 1 is 1.18 bits per heavy atom. The molecule has 0 spiro atoms. The van der Waals surface area contributed by atoms with Crippen molar-refractivity contribution in [3.8, 4) is 11.3 Å². The van der Waals surface area contributed by atoms with Crippen molar-refractivity contribution in [2.75, 3.05) is 5.73 Å². The minimum Gasteiger partial charge on any atom is -0.393 e. The van der Waals surface area contributed by atoms with Gasteiger partial charge in [0, 0.05) is 17.2 Å². The van der Waals surface area contributed by atoms with Crippen LogP contribution in [0.5, 0.6) is 0 Å². The van der Waals surface area contributed by atoms with Gasteiger partial charge in [0.2, 0.25) is 0 Å². The molecule has 1 saturated carbocycles. The van der Waals surface area contributed by atoms with E-state index >= 15 is 0 Å². The molecule has 9 nitrogen and oxygen atoms in total. The molecule has 1 atom stereocenters. The normalized spacial score (nSPS) is 20.7. The van der Waals surface area contributed by atoms with Gasteiger partial charge in [-0.25, -0.2) is 9.97 Å². The maximum Gasteiger partial charge on any atom is 0.430 e. The second-order valence-corrected chi connectivity index (χ2v) is 8.07. The summed E-state index contributed by atoms with van der Waals surface area (Å²) in [5.74, 6) is -2.77. The number of anilines is 1. The number of nitrogen functional groups attached to an aromatic ring is 1. The summed E-state index contributed by atoms with van der Waals surface area (Å²) in [7, 11) is 0. The van der Waals surface area contributed by atoms with E-state index in [1.54, 1.807) is 6.92 Å². The van der Waals surface area contributed by atoms with Gasteiger partial charge < -0.3 is 27.0 Å². The van der Waals surface area contributed by atoms with Crippen LogP contribution in [0.3, 0.4) is 0 Å². The number of aryl methyl sites for hydroxylation is 1. The first-order chi connectivity index (χ1) is 15.3. The third-order valence-electron chi connectivity index (χ3n) is 5.75. The Hall–Kier alpha value is -3.25. The number of halogens is 3. The van der Waals surface area contributed by atoms with Gasteiger partial charge in [-0.15, -0.1) is 0 Å². The number of nitrogens with one attached hydrogen (secondary N) is 1. The van der Waals surface area contributed by atoms with Crippen LogP contribution in [0.4, 0.5) is 19.0 Å². The molecule has 178 valence electrons. The van der Waals surface area contributed by atoms with E-state index in [1.807, 2.05) is 0 Å². The monoisotopic (exact) mass is 467 g/mol. The fourth-order valence-electron chi connectivity index (χ4n) is 3.74. The Kier molecular flexibility index (Phi) is 6.61. The summed E-state index contributed by atoms with van der Waals surface area (Å²) in [4.78, 5) is 32.4. The molecule has 1 aliphatic rings. The van der Waals surface area contributed by atoms with E-state index in [4.69, 9.17) is 11.5 Å². The lowest BCUT2D eigenvalue weighted by molar-refractivity contribution is -0.255. The van der Waals surface area contributed by atoms with E-state index in [-0.39, 0.29) is 28.8 Å². The number of amides is 2. The molecule has 0 saturated heterocycles. The SMILES string of the molecule is Cc1ccc(C(O)(C(N)=O)C(F)(F)F)cc1-c1cnc(N)c(C(=O)NC2CCC(O)CC2)n1. The minimum atomic E-state index is -5.36. The van der Waals surface area contributed by atoms with Gasteiger partial charge in [-0.1, -0.05) is 12.1 Å². The smallest absolute Gasteiger partial charge is 0.393 e. The maximum absolute atomic E-state index is 13.5. The average Bonchev–Trinajstić information content (AvgIpc) is 2.74. The Balaban J connectivity index is 1.98. The first-order valence-electron chi connectivity index (χ1n) is 10.2. The van der Waals surface area contributed by atoms with E-state index in [0.29, 0.717) is 31.2 Å². The van der Waals surface area contributed by atoms with Crippen molar-refractivity contribution in [1.82, 2.24) is 15.3 Å². The highest BCUT2D eigenvalue weighted by Gasteiger charge is 2.60. The molecule has 0 bridgehead atoms. The number of nitrogens with zero attached hydrogens (tertiary/aromatic N) is 2. The first kappa shape index (κ1) is 24.4. The van der Waals surface area contributed by atoms with Crippen molar-refractivity contribution in [3.05, 3.63) is 41.2 Å². The highest BCUT2D eigenvalue weighted by atomic mass is 19.4. The minimum absolute atomic E-state index is 0.0155. The Morgan fingerprint density at radius 3 is 2.39 bits per heavy atom. The van der Waals surface area contributed by atoms with Gasteiger partial charge in [-0.05, 0) is 44.2 Å². The van der Waals surface area contributed by atoms with Gasteiger partial charge in [0.1, 0.15) is 0 Å². The van der Waals surface area contributed by atoms with E-state index in [2.05, 4.69) is 15.3 Å². The van der Waals surface area contributed by atoms with Crippen molar-refractivity contribution in [2.45, 2.75) is 56.5 Å². The molecule has 12 heteroatoms. The van der Waals surface area contributed by atoms with Crippen molar-refractivity contribution < 1.29 is 33.0 Å². The van der Waals surface area contributed by atoms with E-state index < -0.39 is 35.3 Å². The van der Waals surface area contributed by atoms with E-state index in [9.17, 15) is 33.0 Å². The van der Waals surface area contributed by atoms with Crippen LogP contribution >= 0.6 is 0 Å². The summed E-state index contributed by atoms with van der Waals surface area (Å²) in [6, 6.07) is 2.94. The molecule has 3 rings (SSSR count). The number of rotatable bonds is 5. The van der Waals surface area contributed by atoms with Crippen molar-refractivity contribution in [2.24, 2.45) is 5.73 Å². The summed E-state index contributed by atoms with van der Waals surface area (Å²) in [5, 5.41) is 22.5. The van der Waals surface area contributed by atoms with Gasteiger partial charge in [0.15, 0.2) is 11.5 Å². The highest BCUT2D eigenvalue weighted by Crippen LogP contribution is 2.40. The fourth-order valence-corrected chi connectivity index (χ4v) is 3.74. The van der Waals surface area contributed by atoms with Crippen molar-refractivity contribution in [3.63, 3.8) is 0 Å². The Bertz CT molecular complexity index is 1070. The number of carbonyl (C=O) groups excluding carboxylic acids is 2. The number of nitrogens with two attached hydrogens (primary N) is 2. The third-order valence-corrected chi connectivity index (χ3v) is 5.75. The molecule has 0 radical (unpaired) electrons. The van der Waals surface area contributed by atoms with Crippen LogP contribution in [-0.4, -0.2) is 50.3 Å². The highest BCUT2D eigenvalue weighted by molar-refractivity contribution is 5.97. The molecule has 1 heterocycles. The zero-order chi connectivity index (χ0) is 24.6. The van der Waals surface area contributed by atoms with Crippen LogP contribution in [0.1, 0.15) is 47.3 Å². The van der Waals surface area contributed by atoms with Crippen LogP contribution in [0.15, 0.2) is 24.4 Å². The predicted molar refractivity (Wildman–Crippen MR) is 111 cm³/mol. The Morgan fingerprint density at radius 2 is 1.82 bits per heavy atom. The molecule has 7 N–H and O–H groups in total. The summed E-state index contributed by atoms with van der Waals surface area (Å²) < 4.78 is 40.4. The zero-order valence-electron chi connectivity index (χ0n) is 17.7. The number of alkyl halides is 3. The van der Waals surface area contributed by atoms with Crippen LogP contribution in [-0.2, 0) is 10.4 Å². The van der Waals surface area contributed by atoms with Crippen LogP contribution < -0.4 is 16.8 Å². The first-order valence-corrected chi connectivity index (χ1v) is 10.2. The number of aromatic nitrogens is 2. The number of aliphatic hydroxyl groups is 2. The Labute approximate surface area is 187 Å². The standard InChI is InChI=1S/C21H24F3N5O4/c1-10-2-3-11(20(33,19(26)32)21(22,23)24)8-14(10)15-9-27-17(25)16(29-15)18(31)28-12-4-6-13(30)7-5-12/h2-3,8-9,12-13,30,33H,4-7H2,1H3,(H2,25,27)(H2,26,32)(H,28,31). The summed E-state index contributed by atoms with van der Waals surface area (Å²) in [6.45, 7) is 1.57. The van der Waals surface area contributed by atoms with Crippen molar-refractivity contribution >= 4 is 17.6 Å². The summed E-state index contributed by atoms with van der Waals surface area (Å²) >= 11 is 0. The molecule has 1 aromatic carbocycles. The largest absolute Gasteiger partial charge is 0.430 e. The molecular formula is C21H24F3N5O4. The van der Waals surface area contributed by atoms with Crippen LogP contribution in [0.2, 0.25) is 0 Å². The number of hydrogen-bond donors (Lipinski definition) is 5. The number of aliphatic hydroxyl groups excluding tert-OH is 1. The van der Waals surface area contributed by atoms with Gasteiger partial charge in [0.05, 0.1) is 18.0 Å². The van der Waals surface area contributed by atoms with E-state index in [0.717, 1.165) is 12.1 Å². The van der Waals surface area contributed by atoms with Gasteiger partial charge in [-0.3, -0.25) is 9.59 Å². The van der Waals surface area contributed by atoms with Gasteiger partial charge in [-0.2, -0.15) is 13.2 Å². The molecule has 1 aliphatic carbocycles. The number of benzene rings is 1. The van der Waals surface area contributed by atoms with Gasteiger partial charge >= 0.3 is 6.18 Å². The summed E-state index contributed by atoms with van der Waals surface area (Å²) in [6.07, 6.45) is -2.37. The molecule has 2 aromatic rings. The predicted octanol–water partition coefficient (Wildman–Crippen LogP) is 1.30. The maximum atomic E-state index is 13.5. The molecule has 33 heavy (non-hydrogen) atoms. The number of carbonyl (C=O) groups is 2. The van der Waals surface area contributed by atoms with E-state index in [1.165, 1.54) is 12.3 Å².